The molecule has 0 fully saturated rings. The number of aryl methyl sites for hydroxylation is 2. The van der Waals surface area contributed by atoms with E-state index in [-0.39, 0.29) is 0 Å². The van der Waals surface area contributed by atoms with Crippen molar-refractivity contribution in [1.29, 1.82) is 0 Å². The number of hydrogen-bond donors (Lipinski definition) is 1. The molecule has 0 saturated heterocycles. The van der Waals surface area contributed by atoms with Crippen molar-refractivity contribution >= 4 is 6.08 Å². The second-order valence-corrected chi connectivity index (χ2v) is 4.54. The molecule has 2 aromatic carbocycles. The Morgan fingerprint density at radius 2 is 2.00 bits per heavy atom. The summed E-state index contributed by atoms with van der Waals surface area (Å²) in [6.45, 7) is 7.98. The molecule has 0 aromatic heterocycles. The van der Waals surface area contributed by atoms with Gasteiger partial charge in [-0.25, -0.2) is 0 Å². The van der Waals surface area contributed by atoms with E-state index in [4.69, 9.17) is 10.7 Å². The first-order chi connectivity index (χ1) is 9.21. The standard InChI is InChI=1S/C17H19NO/c1-4-13-8-6-7-9-16(13)15-10-12(3)17(19-18)14(5-2)11-15/h5-11H,2,4,18H2,1,3H3. The minimum Gasteiger partial charge on any atom is -0.411 e. The van der Waals surface area contributed by atoms with Crippen LogP contribution in [0.1, 0.15) is 23.6 Å². The molecule has 0 bridgehead atoms. The highest BCUT2D eigenvalue weighted by Gasteiger charge is 2.10. The molecule has 0 unspecified atom stereocenters. The fourth-order valence-electron chi connectivity index (χ4n) is 2.38. The van der Waals surface area contributed by atoms with Crippen LogP contribution in [0.15, 0.2) is 43.0 Å². The van der Waals surface area contributed by atoms with Gasteiger partial charge in [0.15, 0.2) is 5.75 Å². The third-order valence-corrected chi connectivity index (χ3v) is 3.35. The van der Waals surface area contributed by atoms with Gasteiger partial charge in [0, 0.05) is 5.56 Å². The maximum Gasteiger partial charge on any atom is 0.156 e. The number of nitrogens with two attached hydrogens (primary N) is 1. The lowest BCUT2D eigenvalue weighted by molar-refractivity contribution is 0.331. The Kier molecular flexibility index (Phi) is 4.03. The Morgan fingerprint density at radius 1 is 1.26 bits per heavy atom. The van der Waals surface area contributed by atoms with Crippen LogP contribution in [-0.2, 0) is 6.42 Å². The third-order valence-electron chi connectivity index (χ3n) is 3.35. The molecule has 0 saturated carbocycles. The van der Waals surface area contributed by atoms with E-state index in [1.165, 1.54) is 16.7 Å². The van der Waals surface area contributed by atoms with Crippen LogP contribution in [0.2, 0.25) is 0 Å². The predicted molar refractivity (Wildman–Crippen MR) is 80.9 cm³/mol. The first kappa shape index (κ1) is 13.4. The van der Waals surface area contributed by atoms with Gasteiger partial charge < -0.3 is 4.84 Å². The summed E-state index contributed by atoms with van der Waals surface area (Å²) in [5.74, 6) is 6.01. The summed E-state index contributed by atoms with van der Waals surface area (Å²) in [6.07, 6.45) is 2.78. The molecule has 0 aliphatic carbocycles. The Bertz CT molecular complexity index is 602. The Labute approximate surface area is 114 Å². The number of hydrogen-bond acceptors (Lipinski definition) is 2. The molecular formula is C17H19NO. The number of rotatable bonds is 4. The van der Waals surface area contributed by atoms with Crippen LogP contribution in [0.5, 0.6) is 5.75 Å². The van der Waals surface area contributed by atoms with Crippen molar-refractivity contribution in [2.75, 3.05) is 0 Å². The SMILES string of the molecule is C=Cc1cc(-c2ccccc2CC)cc(C)c1ON. The zero-order chi connectivity index (χ0) is 13.8. The summed E-state index contributed by atoms with van der Waals surface area (Å²) in [6, 6.07) is 12.6. The van der Waals surface area contributed by atoms with E-state index < -0.39 is 0 Å². The van der Waals surface area contributed by atoms with Crippen molar-refractivity contribution in [3.8, 4) is 16.9 Å². The molecule has 0 aliphatic rings. The van der Waals surface area contributed by atoms with Gasteiger partial charge in [-0.3, -0.25) is 0 Å². The van der Waals surface area contributed by atoms with Crippen molar-refractivity contribution in [2.24, 2.45) is 5.90 Å². The summed E-state index contributed by atoms with van der Waals surface area (Å²) in [4.78, 5) is 4.94. The predicted octanol–water partition coefficient (Wildman–Crippen LogP) is 4.12. The van der Waals surface area contributed by atoms with Gasteiger partial charge in [-0.15, -0.1) is 0 Å². The molecule has 0 aliphatic heterocycles. The van der Waals surface area contributed by atoms with Crippen molar-refractivity contribution in [2.45, 2.75) is 20.3 Å². The van der Waals surface area contributed by atoms with Crippen molar-refractivity contribution in [3.63, 3.8) is 0 Å². The highest BCUT2D eigenvalue weighted by Crippen LogP contribution is 2.32. The minimum absolute atomic E-state index is 0.688. The van der Waals surface area contributed by atoms with Crippen LogP contribution in [0.3, 0.4) is 0 Å². The van der Waals surface area contributed by atoms with Crippen LogP contribution in [0, 0.1) is 6.92 Å². The van der Waals surface area contributed by atoms with E-state index in [0.717, 1.165) is 17.5 Å². The van der Waals surface area contributed by atoms with Crippen LogP contribution >= 0.6 is 0 Å². The first-order valence-electron chi connectivity index (χ1n) is 6.43. The van der Waals surface area contributed by atoms with Crippen LogP contribution in [0.4, 0.5) is 0 Å². The smallest absolute Gasteiger partial charge is 0.156 e. The molecule has 0 atom stereocenters. The van der Waals surface area contributed by atoms with Gasteiger partial charge >= 0.3 is 0 Å². The van der Waals surface area contributed by atoms with Crippen molar-refractivity contribution in [3.05, 3.63) is 59.7 Å². The second kappa shape index (κ2) is 5.72. The lowest BCUT2D eigenvalue weighted by Crippen LogP contribution is -2.05. The van der Waals surface area contributed by atoms with Gasteiger partial charge in [0.1, 0.15) is 0 Å². The minimum atomic E-state index is 0.688. The highest BCUT2D eigenvalue weighted by molar-refractivity contribution is 5.74. The Hall–Kier alpha value is -2.06. The molecule has 2 heteroatoms. The van der Waals surface area contributed by atoms with Crippen LogP contribution < -0.4 is 10.7 Å². The van der Waals surface area contributed by atoms with Gasteiger partial charge in [-0.05, 0) is 47.7 Å². The van der Waals surface area contributed by atoms with Gasteiger partial charge in [-0.1, -0.05) is 43.8 Å². The molecular weight excluding hydrogens is 234 g/mol. The molecule has 2 rings (SSSR count). The Balaban J connectivity index is 2.63. The van der Waals surface area contributed by atoms with E-state index in [0.29, 0.717) is 5.75 Å². The van der Waals surface area contributed by atoms with E-state index >= 15 is 0 Å². The fraction of sp³-hybridized carbons (Fsp3) is 0.176. The van der Waals surface area contributed by atoms with Crippen molar-refractivity contribution in [1.82, 2.24) is 0 Å². The molecule has 0 amide bonds. The van der Waals surface area contributed by atoms with E-state index in [9.17, 15) is 0 Å². The lowest BCUT2D eigenvalue weighted by atomic mass is 9.94. The molecule has 0 spiro atoms. The van der Waals surface area contributed by atoms with Crippen molar-refractivity contribution < 1.29 is 4.84 Å². The molecule has 2 nitrogen and oxygen atoms in total. The zero-order valence-electron chi connectivity index (χ0n) is 11.4. The van der Waals surface area contributed by atoms with E-state index in [1.807, 2.05) is 6.92 Å². The van der Waals surface area contributed by atoms with Crippen LogP contribution in [-0.4, -0.2) is 0 Å². The van der Waals surface area contributed by atoms with E-state index in [1.54, 1.807) is 6.08 Å². The quantitative estimate of drug-likeness (QED) is 0.832. The lowest BCUT2D eigenvalue weighted by Gasteiger charge is -2.13. The first-order valence-corrected chi connectivity index (χ1v) is 6.43. The summed E-state index contributed by atoms with van der Waals surface area (Å²) in [5.41, 5.74) is 5.69. The van der Waals surface area contributed by atoms with Crippen LogP contribution in [0.25, 0.3) is 17.2 Å². The molecule has 2 N–H and O–H groups in total. The molecule has 0 radical (unpaired) electrons. The highest BCUT2D eigenvalue weighted by atomic mass is 16.6. The summed E-state index contributed by atoms with van der Waals surface area (Å²) in [7, 11) is 0. The van der Waals surface area contributed by atoms with Gasteiger partial charge in [0.2, 0.25) is 0 Å². The molecule has 19 heavy (non-hydrogen) atoms. The average molecular weight is 253 g/mol. The number of benzene rings is 2. The second-order valence-electron chi connectivity index (χ2n) is 4.54. The largest absolute Gasteiger partial charge is 0.411 e. The monoisotopic (exact) mass is 253 g/mol. The molecule has 98 valence electrons. The van der Waals surface area contributed by atoms with E-state index in [2.05, 4.69) is 49.9 Å². The van der Waals surface area contributed by atoms with Gasteiger partial charge in [0.25, 0.3) is 0 Å². The third kappa shape index (κ3) is 2.54. The Morgan fingerprint density at radius 3 is 2.63 bits per heavy atom. The maximum absolute atomic E-state index is 5.32. The molecule has 0 heterocycles. The average Bonchev–Trinajstić information content (AvgIpc) is 2.46. The topological polar surface area (TPSA) is 35.2 Å². The summed E-state index contributed by atoms with van der Waals surface area (Å²) >= 11 is 0. The summed E-state index contributed by atoms with van der Waals surface area (Å²) in [5, 5.41) is 0. The normalized spacial score (nSPS) is 10.3. The van der Waals surface area contributed by atoms with Gasteiger partial charge in [0.05, 0.1) is 0 Å². The van der Waals surface area contributed by atoms with Gasteiger partial charge in [-0.2, -0.15) is 5.90 Å². The summed E-state index contributed by atoms with van der Waals surface area (Å²) < 4.78 is 0. The fourth-order valence-corrected chi connectivity index (χ4v) is 2.38. The maximum atomic E-state index is 5.32. The zero-order valence-corrected chi connectivity index (χ0v) is 11.4. The molecule has 2 aromatic rings.